The Morgan fingerprint density at radius 2 is 1.89 bits per heavy atom. The first kappa shape index (κ1) is 15.5. The molecule has 0 saturated carbocycles. The maximum Gasteiger partial charge on any atom is 0.405 e. The summed E-state index contributed by atoms with van der Waals surface area (Å²) in [4.78, 5) is 12.5. The lowest BCUT2D eigenvalue weighted by Gasteiger charge is -2.26. The highest BCUT2D eigenvalue weighted by molar-refractivity contribution is 6.00. The summed E-state index contributed by atoms with van der Waals surface area (Å²) >= 11 is 0. The Hall–Kier alpha value is -1.59. The first-order valence-electron chi connectivity index (χ1n) is 5.78. The van der Waals surface area contributed by atoms with Crippen LogP contribution in [0.1, 0.15) is 29.8 Å². The minimum atomic E-state index is -4.38. The average molecular weight is 277 g/mol. The van der Waals surface area contributed by atoms with Crippen LogP contribution >= 0.6 is 0 Å². The fourth-order valence-electron chi connectivity index (χ4n) is 1.79. The molecule has 0 amide bonds. The number of benzene rings is 1. The van der Waals surface area contributed by atoms with E-state index in [0.29, 0.717) is 0 Å². The first-order chi connectivity index (χ1) is 8.65. The predicted molar refractivity (Wildman–Crippen MR) is 65.1 cm³/mol. The van der Waals surface area contributed by atoms with Gasteiger partial charge in [0, 0.05) is 17.8 Å². The third-order valence-corrected chi connectivity index (χ3v) is 2.75. The molecule has 1 aromatic rings. The van der Waals surface area contributed by atoms with Gasteiger partial charge < -0.3 is 4.90 Å². The Labute approximate surface area is 109 Å². The van der Waals surface area contributed by atoms with Crippen molar-refractivity contribution in [2.24, 2.45) is 0 Å². The van der Waals surface area contributed by atoms with Gasteiger partial charge in [0.05, 0.1) is 0 Å². The van der Waals surface area contributed by atoms with Crippen molar-refractivity contribution < 1.29 is 22.4 Å². The number of nitrogens with zero attached hydrogens (tertiary/aromatic N) is 1. The molecule has 0 heterocycles. The lowest BCUT2D eigenvalue weighted by Crippen LogP contribution is -2.35. The Morgan fingerprint density at radius 3 is 2.32 bits per heavy atom. The maximum atomic E-state index is 13.4. The number of anilines is 1. The molecule has 0 fully saturated rings. The number of hydrogen-bond acceptors (Lipinski definition) is 2. The number of Topliss-reactive ketones (excluding diaryl/α,β-unsaturated/α-hetero) is 1. The van der Waals surface area contributed by atoms with E-state index >= 15 is 0 Å². The second-order valence-electron chi connectivity index (χ2n) is 4.30. The van der Waals surface area contributed by atoms with Crippen LogP contribution in [0.5, 0.6) is 0 Å². The zero-order chi connectivity index (χ0) is 14.8. The SMILES string of the molecule is CCN(CC(F)(F)F)c1cc(C)c(F)cc1C(C)=O. The zero-order valence-corrected chi connectivity index (χ0v) is 10.9. The van der Waals surface area contributed by atoms with Gasteiger partial charge in [0.1, 0.15) is 12.4 Å². The molecule has 0 unspecified atom stereocenters. The maximum absolute atomic E-state index is 13.4. The summed E-state index contributed by atoms with van der Waals surface area (Å²) in [5.74, 6) is -1.06. The van der Waals surface area contributed by atoms with E-state index in [0.717, 1.165) is 11.0 Å². The predicted octanol–water partition coefficient (Wildman–Crippen LogP) is 3.73. The van der Waals surface area contributed by atoms with Crippen LogP contribution in [0.25, 0.3) is 0 Å². The number of carbonyl (C=O) groups excluding carboxylic acids is 1. The minimum Gasteiger partial charge on any atom is -0.362 e. The molecule has 1 rings (SSSR count). The van der Waals surface area contributed by atoms with Crippen molar-refractivity contribution in [3.8, 4) is 0 Å². The van der Waals surface area contributed by atoms with Crippen molar-refractivity contribution in [1.82, 2.24) is 0 Å². The molecule has 0 atom stereocenters. The highest BCUT2D eigenvalue weighted by Crippen LogP contribution is 2.28. The lowest BCUT2D eigenvalue weighted by molar-refractivity contribution is -0.119. The normalized spacial score (nSPS) is 11.5. The number of hydrogen-bond donors (Lipinski definition) is 0. The molecule has 0 aromatic heterocycles. The smallest absolute Gasteiger partial charge is 0.362 e. The van der Waals surface area contributed by atoms with Crippen molar-refractivity contribution in [3.05, 3.63) is 29.1 Å². The second kappa shape index (κ2) is 5.59. The van der Waals surface area contributed by atoms with E-state index in [9.17, 15) is 22.4 Å². The van der Waals surface area contributed by atoms with Crippen molar-refractivity contribution in [1.29, 1.82) is 0 Å². The van der Waals surface area contributed by atoms with E-state index in [1.807, 2.05) is 0 Å². The number of carbonyl (C=O) groups is 1. The molecular formula is C13H15F4NO. The fourth-order valence-corrected chi connectivity index (χ4v) is 1.79. The topological polar surface area (TPSA) is 20.3 Å². The molecule has 0 bridgehead atoms. The Morgan fingerprint density at radius 1 is 1.32 bits per heavy atom. The highest BCUT2D eigenvalue weighted by atomic mass is 19.4. The van der Waals surface area contributed by atoms with Crippen LogP contribution in [0.4, 0.5) is 23.2 Å². The molecule has 19 heavy (non-hydrogen) atoms. The van der Waals surface area contributed by atoms with E-state index in [4.69, 9.17) is 0 Å². The summed E-state index contributed by atoms with van der Waals surface area (Å²) < 4.78 is 50.9. The fraction of sp³-hybridized carbons (Fsp3) is 0.462. The molecule has 0 N–H and O–H groups in total. The molecule has 1 aromatic carbocycles. The van der Waals surface area contributed by atoms with E-state index in [1.54, 1.807) is 6.92 Å². The third-order valence-electron chi connectivity index (χ3n) is 2.75. The highest BCUT2D eigenvalue weighted by Gasteiger charge is 2.31. The second-order valence-corrected chi connectivity index (χ2v) is 4.30. The van der Waals surface area contributed by atoms with Gasteiger partial charge in [-0.25, -0.2) is 4.39 Å². The van der Waals surface area contributed by atoms with Gasteiger partial charge in [-0.05, 0) is 38.5 Å². The van der Waals surface area contributed by atoms with Gasteiger partial charge in [0.15, 0.2) is 5.78 Å². The van der Waals surface area contributed by atoms with Gasteiger partial charge in [0.2, 0.25) is 0 Å². The van der Waals surface area contributed by atoms with Crippen LogP contribution in [0, 0.1) is 12.7 Å². The Balaban J connectivity index is 3.29. The van der Waals surface area contributed by atoms with Gasteiger partial charge in [0.25, 0.3) is 0 Å². The largest absolute Gasteiger partial charge is 0.405 e. The van der Waals surface area contributed by atoms with E-state index < -0.39 is 24.3 Å². The zero-order valence-electron chi connectivity index (χ0n) is 10.9. The third kappa shape index (κ3) is 3.94. The van der Waals surface area contributed by atoms with Crippen LogP contribution in [0.2, 0.25) is 0 Å². The van der Waals surface area contributed by atoms with Crippen LogP contribution in [-0.2, 0) is 0 Å². The standard InChI is InChI=1S/C13H15F4NO/c1-4-18(7-13(15,16)17)12-5-8(2)11(14)6-10(12)9(3)19/h5-6H,4,7H2,1-3H3. The number of ketones is 1. The van der Waals surface area contributed by atoms with Gasteiger partial charge in [-0.3, -0.25) is 4.79 Å². The van der Waals surface area contributed by atoms with Crippen LogP contribution in [-0.4, -0.2) is 25.0 Å². The molecule has 0 aliphatic heterocycles. The molecule has 0 aliphatic carbocycles. The van der Waals surface area contributed by atoms with Crippen LogP contribution in [0.15, 0.2) is 12.1 Å². The van der Waals surface area contributed by atoms with Crippen LogP contribution < -0.4 is 4.90 Å². The molecule has 2 nitrogen and oxygen atoms in total. The van der Waals surface area contributed by atoms with Crippen molar-refractivity contribution in [2.45, 2.75) is 26.9 Å². The summed E-state index contributed by atoms with van der Waals surface area (Å²) in [5, 5.41) is 0. The van der Waals surface area contributed by atoms with E-state index in [-0.39, 0.29) is 23.4 Å². The molecule has 0 aliphatic rings. The van der Waals surface area contributed by atoms with Crippen molar-refractivity contribution >= 4 is 11.5 Å². The molecule has 0 saturated heterocycles. The quantitative estimate of drug-likeness (QED) is 0.617. The van der Waals surface area contributed by atoms with Crippen LogP contribution in [0.3, 0.4) is 0 Å². The average Bonchev–Trinajstić information content (AvgIpc) is 2.27. The van der Waals surface area contributed by atoms with Gasteiger partial charge >= 0.3 is 6.18 Å². The monoisotopic (exact) mass is 277 g/mol. The summed E-state index contributed by atoms with van der Waals surface area (Å²) in [6.07, 6.45) is -4.38. The van der Waals surface area contributed by atoms with Crippen molar-refractivity contribution in [2.75, 3.05) is 18.0 Å². The minimum absolute atomic E-state index is 0.0331. The molecule has 0 spiro atoms. The van der Waals surface area contributed by atoms with Gasteiger partial charge in [-0.15, -0.1) is 0 Å². The number of alkyl halides is 3. The van der Waals surface area contributed by atoms with Gasteiger partial charge in [-0.2, -0.15) is 13.2 Å². The Kier molecular flexibility index (Phi) is 4.55. The first-order valence-corrected chi connectivity index (χ1v) is 5.78. The summed E-state index contributed by atoms with van der Waals surface area (Å²) in [6.45, 7) is 3.10. The molecule has 6 heteroatoms. The van der Waals surface area contributed by atoms with Crippen molar-refractivity contribution in [3.63, 3.8) is 0 Å². The number of halogens is 4. The van der Waals surface area contributed by atoms with E-state index in [2.05, 4.69) is 0 Å². The molecular weight excluding hydrogens is 262 g/mol. The molecule has 0 radical (unpaired) electrons. The van der Waals surface area contributed by atoms with E-state index in [1.165, 1.54) is 19.9 Å². The number of aryl methyl sites for hydroxylation is 1. The Bertz CT molecular complexity index is 482. The summed E-state index contributed by atoms with van der Waals surface area (Å²) in [7, 11) is 0. The number of rotatable bonds is 4. The van der Waals surface area contributed by atoms with Gasteiger partial charge in [-0.1, -0.05) is 0 Å². The summed E-state index contributed by atoms with van der Waals surface area (Å²) in [6, 6.07) is 2.27. The summed E-state index contributed by atoms with van der Waals surface area (Å²) in [5.41, 5.74) is 0.293. The molecule has 106 valence electrons. The lowest BCUT2D eigenvalue weighted by atomic mass is 10.0.